The van der Waals surface area contributed by atoms with E-state index in [2.05, 4.69) is 29.3 Å². The fourth-order valence-electron chi connectivity index (χ4n) is 2.25. The van der Waals surface area contributed by atoms with Gasteiger partial charge in [0.2, 0.25) is 5.89 Å². The summed E-state index contributed by atoms with van der Waals surface area (Å²) in [4.78, 5) is 0. The minimum Gasteiger partial charge on any atom is -0.497 e. The van der Waals surface area contributed by atoms with Gasteiger partial charge in [-0.05, 0) is 24.6 Å². The zero-order valence-electron chi connectivity index (χ0n) is 13.7. The Kier molecular flexibility index (Phi) is 5.05. The van der Waals surface area contributed by atoms with Gasteiger partial charge in [-0.25, -0.2) is 0 Å². The van der Waals surface area contributed by atoms with Gasteiger partial charge in [-0.1, -0.05) is 42.1 Å². The average Bonchev–Trinajstić information content (AvgIpc) is 3.10. The third-order valence-electron chi connectivity index (χ3n) is 3.55. The monoisotopic (exact) mass is 342 g/mol. The molecule has 0 bridgehead atoms. The van der Waals surface area contributed by atoms with Crippen LogP contribution < -0.4 is 9.47 Å². The van der Waals surface area contributed by atoms with Crippen molar-refractivity contribution in [2.75, 3.05) is 14.2 Å². The zero-order chi connectivity index (χ0) is 16.9. The van der Waals surface area contributed by atoms with Gasteiger partial charge in [0.05, 0.1) is 14.2 Å². The third-order valence-corrected chi connectivity index (χ3v) is 4.54. The van der Waals surface area contributed by atoms with Crippen LogP contribution in [0.15, 0.2) is 58.2 Å². The molecular formula is C18H18N2O3S. The second-order valence-corrected chi connectivity index (χ2v) is 6.44. The fraction of sp³-hybridized carbons (Fsp3) is 0.222. The van der Waals surface area contributed by atoms with Gasteiger partial charge in [-0.2, -0.15) is 0 Å². The molecule has 0 amide bonds. The molecule has 1 unspecified atom stereocenters. The van der Waals surface area contributed by atoms with E-state index in [0.717, 1.165) is 5.56 Å². The van der Waals surface area contributed by atoms with Crippen LogP contribution in [-0.4, -0.2) is 24.4 Å². The number of hydrogen-bond donors (Lipinski definition) is 0. The highest BCUT2D eigenvalue weighted by molar-refractivity contribution is 7.99. The Balaban J connectivity index is 1.81. The minimum atomic E-state index is 0.222. The molecule has 3 aromatic rings. The van der Waals surface area contributed by atoms with Crippen LogP contribution in [0.2, 0.25) is 0 Å². The molecule has 1 aromatic heterocycles. The lowest BCUT2D eigenvalue weighted by atomic mass is 10.2. The van der Waals surface area contributed by atoms with E-state index >= 15 is 0 Å². The van der Waals surface area contributed by atoms with E-state index in [1.54, 1.807) is 20.3 Å². The Morgan fingerprint density at radius 2 is 1.62 bits per heavy atom. The molecule has 0 aliphatic rings. The molecule has 0 aliphatic heterocycles. The Labute approximate surface area is 145 Å². The summed E-state index contributed by atoms with van der Waals surface area (Å²) in [5.41, 5.74) is 1.98. The van der Waals surface area contributed by atoms with Gasteiger partial charge in [0, 0.05) is 16.9 Å². The highest BCUT2D eigenvalue weighted by atomic mass is 32.2. The lowest BCUT2D eigenvalue weighted by Crippen LogP contribution is -1.88. The summed E-state index contributed by atoms with van der Waals surface area (Å²) in [6, 6.07) is 15.7. The van der Waals surface area contributed by atoms with Crippen LogP contribution in [0.4, 0.5) is 0 Å². The number of thioether (sulfide) groups is 1. The molecule has 0 saturated carbocycles. The van der Waals surface area contributed by atoms with E-state index < -0.39 is 0 Å². The Morgan fingerprint density at radius 3 is 2.25 bits per heavy atom. The van der Waals surface area contributed by atoms with Gasteiger partial charge in [0.25, 0.3) is 5.22 Å². The average molecular weight is 342 g/mol. The summed E-state index contributed by atoms with van der Waals surface area (Å²) >= 11 is 1.53. The van der Waals surface area contributed by atoms with Crippen molar-refractivity contribution < 1.29 is 13.9 Å². The number of hydrogen-bond acceptors (Lipinski definition) is 6. The van der Waals surface area contributed by atoms with E-state index in [0.29, 0.717) is 22.6 Å². The normalized spacial score (nSPS) is 12.0. The zero-order valence-corrected chi connectivity index (χ0v) is 14.5. The Morgan fingerprint density at radius 1 is 0.958 bits per heavy atom. The number of rotatable bonds is 6. The first-order chi connectivity index (χ1) is 11.7. The molecule has 1 atom stereocenters. The Bertz CT molecular complexity index is 783. The summed E-state index contributed by atoms with van der Waals surface area (Å²) in [6.07, 6.45) is 0. The van der Waals surface area contributed by atoms with Crippen LogP contribution in [0.5, 0.6) is 11.5 Å². The van der Waals surface area contributed by atoms with Crippen molar-refractivity contribution in [2.45, 2.75) is 17.4 Å². The van der Waals surface area contributed by atoms with Crippen LogP contribution in [0.1, 0.15) is 17.7 Å². The summed E-state index contributed by atoms with van der Waals surface area (Å²) in [5.74, 6) is 1.79. The van der Waals surface area contributed by atoms with Crippen LogP contribution >= 0.6 is 11.8 Å². The van der Waals surface area contributed by atoms with Crippen LogP contribution in [0.3, 0.4) is 0 Å². The van der Waals surface area contributed by atoms with E-state index in [1.807, 2.05) is 30.3 Å². The van der Waals surface area contributed by atoms with Crippen molar-refractivity contribution in [3.05, 3.63) is 54.1 Å². The molecule has 0 saturated heterocycles. The van der Waals surface area contributed by atoms with Crippen molar-refractivity contribution in [3.8, 4) is 23.0 Å². The first-order valence-electron chi connectivity index (χ1n) is 7.48. The van der Waals surface area contributed by atoms with Crippen LogP contribution in [0.25, 0.3) is 11.5 Å². The van der Waals surface area contributed by atoms with Gasteiger partial charge < -0.3 is 13.9 Å². The molecule has 0 N–H and O–H groups in total. The van der Waals surface area contributed by atoms with Crippen molar-refractivity contribution in [1.29, 1.82) is 0 Å². The molecule has 124 valence electrons. The number of nitrogens with zero attached hydrogens (tertiary/aromatic N) is 2. The number of benzene rings is 2. The molecule has 0 radical (unpaired) electrons. The number of ether oxygens (including phenoxy) is 2. The lowest BCUT2D eigenvalue weighted by molar-refractivity contribution is 0.394. The van der Waals surface area contributed by atoms with Crippen molar-refractivity contribution in [3.63, 3.8) is 0 Å². The number of aromatic nitrogens is 2. The highest BCUT2D eigenvalue weighted by Crippen LogP contribution is 2.36. The number of methoxy groups -OCH3 is 2. The SMILES string of the molecule is COc1cc(OC)cc(-c2nnc(SC(C)c3ccccc3)o2)c1. The molecule has 0 aliphatic carbocycles. The highest BCUT2D eigenvalue weighted by Gasteiger charge is 2.15. The topological polar surface area (TPSA) is 57.4 Å². The van der Waals surface area contributed by atoms with Gasteiger partial charge in [-0.3, -0.25) is 0 Å². The van der Waals surface area contributed by atoms with Gasteiger partial charge >= 0.3 is 0 Å². The predicted octanol–water partition coefficient (Wildman–Crippen LogP) is 4.61. The first-order valence-corrected chi connectivity index (χ1v) is 8.36. The second-order valence-electron chi connectivity index (χ2n) is 5.15. The largest absolute Gasteiger partial charge is 0.497 e. The van der Waals surface area contributed by atoms with Gasteiger partial charge in [0.1, 0.15) is 11.5 Å². The summed E-state index contributed by atoms with van der Waals surface area (Å²) in [7, 11) is 3.21. The summed E-state index contributed by atoms with van der Waals surface area (Å²) in [5, 5.41) is 9.02. The molecule has 5 nitrogen and oxygen atoms in total. The van der Waals surface area contributed by atoms with Crippen molar-refractivity contribution >= 4 is 11.8 Å². The quantitative estimate of drug-likeness (QED) is 0.610. The predicted molar refractivity (Wildman–Crippen MR) is 93.6 cm³/mol. The maximum Gasteiger partial charge on any atom is 0.277 e. The maximum absolute atomic E-state index is 5.79. The van der Waals surface area contributed by atoms with Crippen molar-refractivity contribution in [1.82, 2.24) is 10.2 Å². The van der Waals surface area contributed by atoms with E-state index in [4.69, 9.17) is 13.9 Å². The standard InChI is InChI=1S/C18H18N2O3S/c1-12(13-7-5-4-6-8-13)24-18-20-19-17(23-18)14-9-15(21-2)11-16(10-14)22-3/h4-12H,1-3H3. The van der Waals surface area contributed by atoms with E-state index in [1.165, 1.54) is 17.3 Å². The van der Waals surface area contributed by atoms with Crippen LogP contribution in [0, 0.1) is 0 Å². The molecule has 2 aromatic carbocycles. The fourth-order valence-corrected chi connectivity index (χ4v) is 3.06. The summed E-state index contributed by atoms with van der Waals surface area (Å²) < 4.78 is 16.3. The molecule has 6 heteroatoms. The molecular weight excluding hydrogens is 324 g/mol. The third kappa shape index (κ3) is 3.71. The lowest BCUT2D eigenvalue weighted by Gasteiger charge is -2.08. The Hall–Kier alpha value is -2.47. The first kappa shape index (κ1) is 16.4. The molecule has 24 heavy (non-hydrogen) atoms. The van der Waals surface area contributed by atoms with E-state index in [-0.39, 0.29) is 5.25 Å². The second kappa shape index (κ2) is 7.40. The van der Waals surface area contributed by atoms with Crippen molar-refractivity contribution in [2.24, 2.45) is 0 Å². The van der Waals surface area contributed by atoms with Gasteiger partial charge in [0.15, 0.2) is 0 Å². The molecule has 0 fully saturated rings. The molecule has 0 spiro atoms. The van der Waals surface area contributed by atoms with Crippen LogP contribution in [-0.2, 0) is 0 Å². The minimum absolute atomic E-state index is 0.222. The summed E-state index contributed by atoms with van der Waals surface area (Å²) in [6.45, 7) is 2.11. The van der Waals surface area contributed by atoms with E-state index in [9.17, 15) is 0 Å². The molecule has 1 heterocycles. The van der Waals surface area contributed by atoms with Gasteiger partial charge in [-0.15, -0.1) is 10.2 Å². The molecule has 3 rings (SSSR count). The maximum atomic E-state index is 5.79. The smallest absolute Gasteiger partial charge is 0.277 e.